The number of hydrogen-bond donors (Lipinski definition) is 1. The van der Waals surface area contributed by atoms with Crippen LogP contribution in [-0.2, 0) is 4.74 Å². The quantitative estimate of drug-likeness (QED) is 0.818. The SMILES string of the molecule is COC1CC(NC2CCCCC2C#N)C1(C)C. The Balaban J connectivity index is 1.91. The standard InChI is InChI=1S/C14H24N2O/c1-14(2)12(8-13(14)17-3)16-11-7-5-4-6-10(11)9-15/h10-13,16H,4-8H2,1-3H3. The van der Waals surface area contributed by atoms with Gasteiger partial charge in [0.1, 0.15) is 0 Å². The fourth-order valence-corrected chi connectivity index (χ4v) is 3.31. The van der Waals surface area contributed by atoms with Crippen molar-refractivity contribution < 1.29 is 4.74 Å². The molecule has 0 heterocycles. The van der Waals surface area contributed by atoms with Crippen LogP contribution < -0.4 is 5.32 Å². The van der Waals surface area contributed by atoms with E-state index in [1.54, 1.807) is 7.11 Å². The topological polar surface area (TPSA) is 45.0 Å². The zero-order valence-corrected chi connectivity index (χ0v) is 11.2. The van der Waals surface area contributed by atoms with E-state index in [2.05, 4.69) is 25.2 Å². The summed E-state index contributed by atoms with van der Waals surface area (Å²) in [5.41, 5.74) is 0.201. The first kappa shape index (κ1) is 12.9. The van der Waals surface area contributed by atoms with Crippen LogP contribution in [0.2, 0.25) is 0 Å². The van der Waals surface area contributed by atoms with Crippen LogP contribution in [0.5, 0.6) is 0 Å². The molecule has 0 radical (unpaired) electrons. The normalized spacial score (nSPS) is 40.4. The number of nitrogens with one attached hydrogen (secondary N) is 1. The van der Waals surface area contributed by atoms with E-state index in [9.17, 15) is 5.26 Å². The van der Waals surface area contributed by atoms with Crippen LogP contribution >= 0.6 is 0 Å². The number of nitrogens with zero attached hydrogens (tertiary/aromatic N) is 1. The van der Waals surface area contributed by atoms with Gasteiger partial charge in [-0.15, -0.1) is 0 Å². The van der Waals surface area contributed by atoms with Crippen molar-refractivity contribution in [1.82, 2.24) is 5.32 Å². The van der Waals surface area contributed by atoms with E-state index >= 15 is 0 Å². The van der Waals surface area contributed by atoms with Gasteiger partial charge in [-0.25, -0.2) is 0 Å². The Morgan fingerprint density at radius 1 is 1.29 bits per heavy atom. The Labute approximate surface area is 105 Å². The molecule has 0 aromatic heterocycles. The first-order valence-electron chi connectivity index (χ1n) is 6.78. The summed E-state index contributed by atoms with van der Waals surface area (Å²) in [4.78, 5) is 0. The lowest BCUT2D eigenvalue weighted by molar-refractivity contribution is -0.102. The van der Waals surface area contributed by atoms with Crippen LogP contribution in [0.15, 0.2) is 0 Å². The van der Waals surface area contributed by atoms with Gasteiger partial charge in [-0.2, -0.15) is 5.26 Å². The first-order chi connectivity index (χ1) is 8.09. The molecule has 2 aliphatic carbocycles. The molecule has 3 heteroatoms. The van der Waals surface area contributed by atoms with Gasteiger partial charge in [0, 0.05) is 24.6 Å². The van der Waals surface area contributed by atoms with Crippen molar-refractivity contribution in [2.75, 3.05) is 7.11 Å². The van der Waals surface area contributed by atoms with Crippen LogP contribution in [0.25, 0.3) is 0 Å². The van der Waals surface area contributed by atoms with Gasteiger partial charge in [0.25, 0.3) is 0 Å². The van der Waals surface area contributed by atoms with Gasteiger partial charge in [0.05, 0.1) is 18.1 Å². The second kappa shape index (κ2) is 4.96. The summed E-state index contributed by atoms with van der Waals surface area (Å²) in [6, 6.07) is 3.37. The van der Waals surface area contributed by atoms with Gasteiger partial charge < -0.3 is 10.1 Å². The number of nitriles is 1. The van der Waals surface area contributed by atoms with Gasteiger partial charge in [-0.1, -0.05) is 26.7 Å². The molecule has 3 nitrogen and oxygen atoms in total. The Morgan fingerprint density at radius 2 is 2.00 bits per heavy atom. The molecule has 2 aliphatic rings. The molecule has 2 fully saturated rings. The van der Waals surface area contributed by atoms with Gasteiger partial charge in [-0.05, 0) is 19.3 Å². The molecule has 4 unspecified atom stereocenters. The van der Waals surface area contributed by atoms with E-state index in [-0.39, 0.29) is 11.3 Å². The fourth-order valence-electron chi connectivity index (χ4n) is 3.31. The van der Waals surface area contributed by atoms with Crippen LogP contribution in [-0.4, -0.2) is 25.3 Å². The second-order valence-electron chi connectivity index (χ2n) is 6.13. The van der Waals surface area contributed by atoms with Crippen molar-refractivity contribution >= 4 is 0 Å². The molecule has 0 spiro atoms. The number of rotatable bonds is 3. The predicted molar refractivity (Wildman–Crippen MR) is 67.5 cm³/mol. The third-order valence-corrected chi connectivity index (χ3v) is 4.81. The lowest BCUT2D eigenvalue weighted by atomic mass is 9.64. The maximum absolute atomic E-state index is 9.18. The van der Waals surface area contributed by atoms with E-state index in [4.69, 9.17) is 4.74 Å². The molecular weight excluding hydrogens is 212 g/mol. The Morgan fingerprint density at radius 3 is 2.59 bits per heavy atom. The minimum Gasteiger partial charge on any atom is -0.381 e. The monoisotopic (exact) mass is 236 g/mol. The highest BCUT2D eigenvalue weighted by molar-refractivity contribution is 5.06. The molecule has 0 bridgehead atoms. The molecule has 96 valence electrons. The van der Waals surface area contributed by atoms with E-state index in [0.717, 1.165) is 19.3 Å². The highest BCUT2D eigenvalue weighted by atomic mass is 16.5. The second-order valence-corrected chi connectivity index (χ2v) is 6.13. The summed E-state index contributed by atoms with van der Waals surface area (Å²) in [6.45, 7) is 4.51. The molecule has 0 aromatic rings. The Hall–Kier alpha value is -0.590. The highest BCUT2D eigenvalue weighted by Crippen LogP contribution is 2.43. The van der Waals surface area contributed by atoms with Gasteiger partial charge in [0.15, 0.2) is 0 Å². The Bertz CT molecular complexity index is 308. The van der Waals surface area contributed by atoms with E-state index in [1.165, 1.54) is 12.8 Å². The predicted octanol–water partition coefficient (Wildman–Crippen LogP) is 2.47. The smallest absolute Gasteiger partial charge is 0.0672 e. The summed E-state index contributed by atoms with van der Waals surface area (Å²) in [5, 5.41) is 12.9. The van der Waals surface area contributed by atoms with Crippen LogP contribution in [0.4, 0.5) is 0 Å². The summed E-state index contributed by atoms with van der Waals surface area (Å²) < 4.78 is 5.47. The summed E-state index contributed by atoms with van der Waals surface area (Å²) in [7, 11) is 1.79. The number of methoxy groups -OCH3 is 1. The van der Waals surface area contributed by atoms with Gasteiger partial charge in [-0.3, -0.25) is 0 Å². The zero-order chi connectivity index (χ0) is 12.5. The molecule has 4 atom stereocenters. The van der Waals surface area contributed by atoms with E-state index < -0.39 is 0 Å². The summed E-state index contributed by atoms with van der Waals surface area (Å²) in [5.74, 6) is 0.209. The van der Waals surface area contributed by atoms with Crippen molar-refractivity contribution in [2.45, 2.75) is 64.1 Å². The van der Waals surface area contributed by atoms with Crippen molar-refractivity contribution in [2.24, 2.45) is 11.3 Å². The van der Waals surface area contributed by atoms with Crippen molar-refractivity contribution in [1.29, 1.82) is 5.26 Å². The maximum Gasteiger partial charge on any atom is 0.0672 e. The van der Waals surface area contributed by atoms with Crippen LogP contribution in [0.3, 0.4) is 0 Å². The van der Waals surface area contributed by atoms with E-state index in [0.29, 0.717) is 18.2 Å². The van der Waals surface area contributed by atoms with Crippen molar-refractivity contribution in [3.05, 3.63) is 0 Å². The third-order valence-electron chi connectivity index (χ3n) is 4.81. The fraction of sp³-hybridized carbons (Fsp3) is 0.929. The number of hydrogen-bond acceptors (Lipinski definition) is 3. The number of ether oxygens (including phenoxy) is 1. The van der Waals surface area contributed by atoms with Gasteiger partial charge >= 0.3 is 0 Å². The lowest BCUT2D eigenvalue weighted by Gasteiger charge is -2.53. The maximum atomic E-state index is 9.18. The van der Waals surface area contributed by atoms with Gasteiger partial charge in [0.2, 0.25) is 0 Å². The molecule has 0 aromatic carbocycles. The molecule has 0 amide bonds. The third kappa shape index (κ3) is 2.34. The van der Waals surface area contributed by atoms with Crippen molar-refractivity contribution in [3.8, 4) is 6.07 Å². The van der Waals surface area contributed by atoms with Crippen LogP contribution in [0.1, 0.15) is 46.0 Å². The summed E-state index contributed by atoms with van der Waals surface area (Å²) >= 11 is 0. The molecule has 2 rings (SSSR count). The van der Waals surface area contributed by atoms with E-state index in [1.807, 2.05) is 0 Å². The lowest BCUT2D eigenvalue weighted by Crippen LogP contribution is -2.63. The minimum absolute atomic E-state index is 0.201. The molecule has 0 saturated heterocycles. The van der Waals surface area contributed by atoms with Crippen molar-refractivity contribution in [3.63, 3.8) is 0 Å². The summed E-state index contributed by atoms with van der Waals surface area (Å²) in [6.07, 6.45) is 6.14. The molecule has 0 aliphatic heterocycles. The average Bonchev–Trinajstić information content (AvgIpc) is 2.34. The molecule has 1 N–H and O–H groups in total. The molecular formula is C14H24N2O. The highest BCUT2D eigenvalue weighted by Gasteiger charge is 2.49. The first-order valence-corrected chi connectivity index (χ1v) is 6.78. The molecule has 2 saturated carbocycles. The minimum atomic E-state index is 0.201. The molecule has 17 heavy (non-hydrogen) atoms. The van der Waals surface area contributed by atoms with Crippen LogP contribution in [0, 0.1) is 22.7 Å². The zero-order valence-electron chi connectivity index (χ0n) is 11.2. The average molecular weight is 236 g/mol. The largest absolute Gasteiger partial charge is 0.381 e. The Kier molecular flexibility index (Phi) is 3.75.